The monoisotopic (exact) mass is 984 g/mol. The van der Waals surface area contributed by atoms with E-state index < -0.39 is 11.6 Å². The third-order valence-corrected chi connectivity index (χ3v) is 11.6. The van der Waals surface area contributed by atoms with Crippen LogP contribution in [0.25, 0.3) is 81.6 Å². The number of Topliss-reactive ketones (excluding diaryl/α,β-unsaturated/α-hetero) is 2. The molecule has 0 spiro atoms. The predicted octanol–water partition coefficient (Wildman–Crippen LogP) is 12.3. The molecule has 0 aliphatic carbocycles. The van der Waals surface area contributed by atoms with Gasteiger partial charge in [0.2, 0.25) is 11.6 Å². The highest BCUT2D eigenvalue weighted by Gasteiger charge is 2.20. The first kappa shape index (κ1) is 50.3. The molecule has 0 amide bonds. The van der Waals surface area contributed by atoms with Crippen LogP contribution in [0, 0.1) is 53.7 Å². The topological polar surface area (TPSA) is 274 Å². The Morgan fingerprint density at radius 1 is 0.355 bits per heavy atom. The van der Waals surface area contributed by atoms with E-state index in [9.17, 15) is 20.1 Å². The first-order chi connectivity index (χ1) is 36.8. The van der Waals surface area contributed by atoms with Crippen molar-refractivity contribution in [2.75, 3.05) is 22.9 Å². The fourth-order valence-corrected chi connectivity index (χ4v) is 7.52. The molecule has 10 rings (SSSR count). The maximum Gasteiger partial charge on any atom is 0.233 e. The van der Waals surface area contributed by atoms with Crippen molar-refractivity contribution < 1.29 is 9.59 Å². The van der Waals surface area contributed by atoms with Crippen molar-refractivity contribution in [2.24, 2.45) is 0 Å². The molecule has 16 nitrogen and oxygen atoms in total. The molecule has 0 radical (unpaired) electrons. The summed E-state index contributed by atoms with van der Waals surface area (Å²) in [6.07, 6.45) is 0. The van der Waals surface area contributed by atoms with E-state index in [1.807, 2.05) is 66.7 Å². The Morgan fingerprint density at radius 3 is 0.829 bits per heavy atom. The molecule has 358 valence electrons. The van der Waals surface area contributed by atoms with Crippen molar-refractivity contribution in [2.45, 2.75) is 0 Å². The molecule has 8 aromatic carbocycles. The van der Waals surface area contributed by atoms with Gasteiger partial charge in [-0.05, 0) is 83.9 Å². The van der Waals surface area contributed by atoms with Crippen LogP contribution < -0.4 is 22.9 Å². The number of anilines is 4. The molecule has 0 saturated heterocycles. The molecule has 76 heavy (non-hydrogen) atoms. The highest BCUT2D eigenvalue weighted by Crippen LogP contribution is 2.36. The minimum Gasteiger partial charge on any atom is -0.397 e. The number of ketones is 2. The summed E-state index contributed by atoms with van der Waals surface area (Å²) >= 11 is 0. The van der Waals surface area contributed by atoms with Gasteiger partial charge in [-0.2, -0.15) is 15.8 Å². The van der Waals surface area contributed by atoms with E-state index in [1.165, 1.54) is 48.5 Å². The summed E-state index contributed by atoms with van der Waals surface area (Å²) in [7, 11) is 0. The van der Waals surface area contributed by atoms with E-state index in [-0.39, 0.29) is 11.1 Å². The van der Waals surface area contributed by atoms with Crippen LogP contribution in [-0.4, -0.2) is 31.5 Å². The Bertz CT molecular complexity index is 3690. The quantitative estimate of drug-likeness (QED) is 0.0381. The van der Waals surface area contributed by atoms with Gasteiger partial charge in [0, 0.05) is 22.3 Å². The van der Waals surface area contributed by atoms with E-state index in [1.54, 1.807) is 60.7 Å². The number of hydrogen-bond acceptors (Lipinski definition) is 13. The molecule has 0 aliphatic heterocycles. The number of nitriles is 3. The van der Waals surface area contributed by atoms with Gasteiger partial charge >= 0.3 is 0 Å². The van der Waals surface area contributed by atoms with Crippen LogP contribution in [0.3, 0.4) is 0 Å². The summed E-state index contributed by atoms with van der Waals surface area (Å²) < 4.78 is 0. The molecule has 0 bridgehead atoms. The van der Waals surface area contributed by atoms with E-state index >= 15 is 0 Å². The van der Waals surface area contributed by atoms with Gasteiger partial charge in [0.25, 0.3) is 0 Å². The van der Waals surface area contributed by atoms with Gasteiger partial charge in [-0.15, -0.1) is 0 Å². The molecule has 2 aromatic heterocycles. The highest BCUT2D eigenvalue weighted by molar-refractivity contribution is 6.49. The van der Waals surface area contributed by atoms with Crippen molar-refractivity contribution in [3.05, 3.63) is 232 Å². The smallest absolute Gasteiger partial charge is 0.233 e. The van der Waals surface area contributed by atoms with E-state index in [0.29, 0.717) is 101 Å². The molecular weight excluding hydrogens is 949 g/mol. The summed E-state index contributed by atoms with van der Waals surface area (Å²) in [5, 5.41) is 27.3. The number of nitrogens with two attached hydrogens (primary N) is 4. The Labute approximate surface area is 435 Å². The number of rotatable bonds is 7. The lowest BCUT2D eigenvalue weighted by Gasteiger charge is -2.13. The fourth-order valence-electron chi connectivity index (χ4n) is 7.52. The predicted molar refractivity (Wildman–Crippen MR) is 293 cm³/mol. The second kappa shape index (κ2) is 22.3. The zero-order valence-electron chi connectivity index (χ0n) is 39.8. The maximum absolute atomic E-state index is 12.0. The Kier molecular flexibility index (Phi) is 14.8. The number of carbonyl (C=O) groups excluding carboxylic acids is 2. The average Bonchev–Trinajstić information content (AvgIpc) is 3.48. The number of fused-ring (bicyclic) bond motifs is 2. The van der Waals surface area contributed by atoms with Gasteiger partial charge < -0.3 is 22.9 Å². The molecule has 8 N–H and O–H groups in total. The van der Waals surface area contributed by atoms with Crippen molar-refractivity contribution in [3.63, 3.8) is 0 Å². The minimum absolute atomic E-state index is 0.239. The number of nitrogens with zero attached hydrogens (tertiary/aromatic N) is 10. The fraction of sp³-hybridized carbons (Fsp3) is 0. The third-order valence-electron chi connectivity index (χ3n) is 11.6. The molecule has 0 fully saturated rings. The lowest BCUT2D eigenvalue weighted by atomic mass is 10.0. The average molecular weight is 985 g/mol. The number of carbonyl (C=O) groups is 2. The largest absolute Gasteiger partial charge is 0.397 e. The van der Waals surface area contributed by atoms with Crippen molar-refractivity contribution in [1.29, 1.82) is 15.8 Å². The Hall–Kier alpha value is -12.1. The number of nitrogen functional groups attached to an aromatic ring is 4. The standard InChI is InChI=1S/C38H18N8.C16H8N2O2.C6H10N4/c1-41-29-15-11-27(12-16-29)37-38(28-13-17-30(42-2)18-14-28)46-34-20-32-31(19-33(34)45-37)43-35(25-7-3-23(21-39)4-8-25)36(44-32)26-9-5-24(22-40)6-10-26;1-18-14-8-6-13(7-9-14)16(20)15(19)12-4-2-11(10-17)3-5-12;7-3-1-4(8)6(10)2-5(3)9/h3-20H;2-9H;1-2H,7-10H2. The lowest BCUT2D eigenvalue weighted by Crippen LogP contribution is -2.14. The summed E-state index contributed by atoms with van der Waals surface area (Å²) in [4.78, 5) is 54.5. The van der Waals surface area contributed by atoms with Gasteiger partial charge in [0.1, 0.15) is 0 Å². The van der Waals surface area contributed by atoms with Crippen LogP contribution >= 0.6 is 0 Å². The van der Waals surface area contributed by atoms with Gasteiger partial charge in [-0.3, -0.25) is 9.59 Å². The first-order valence-corrected chi connectivity index (χ1v) is 22.6. The molecule has 0 aliphatic rings. The van der Waals surface area contributed by atoms with Crippen LogP contribution in [0.1, 0.15) is 37.4 Å². The Balaban J connectivity index is 0.000000208. The molecule has 0 unspecified atom stereocenters. The molecule has 16 heteroatoms. The minimum atomic E-state index is -0.634. The summed E-state index contributed by atoms with van der Waals surface area (Å²) in [6.45, 7) is 21.5. The lowest BCUT2D eigenvalue weighted by molar-refractivity contribution is 0.0817. The van der Waals surface area contributed by atoms with Gasteiger partial charge in [-0.25, -0.2) is 34.5 Å². The number of aromatic nitrogens is 4. The number of benzene rings is 8. The van der Waals surface area contributed by atoms with Crippen LogP contribution in [-0.2, 0) is 0 Å². The highest BCUT2D eigenvalue weighted by atomic mass is 16.2. The normalized spacial score (nSPS) is 10.1. The molecular formula is C60H36N14O2. The second-order valence-corrected chi connectivity index (χ2v) is 16.5. The second-order valence-electron chi connectivity index (χ2n) is 16.5. The van der Waals surface area contributed by atoms with Gasteiger partial charge in [0.15, 0.2) is 17.1 Å². The zero-order chi connectivity index (χ0) is 53.9. The number of hydrogen-bond donors (Lipinski definition) is 4. The van der Waals surface area contributed by atoms with E-state index in [2.05, 4.69) is 26.7 Å². The summed E-state index contributed by atoms with van der Waals surface area (Å²) in [5.74, 6) is -1.27. The molecule has 10 aromatic rings. The molecule has 0 atom stereocenters. The third kappa shape index (κ3) is 11.1. The Morgan fingerprint density at radius 2 is 0.579 bits per heavy atom. The van der Waals surface area contributed by atoms with Gasteiger partial charge in [-0.1, -0.05) is 97.1 Å². The van der Waals surface area contributed by atoms with Crippen LogP contribution in [0.2, 0.25) is 0 Å². The first-order valence-electron chi connectivity index (χ1n) is 22.6. The van der Waals surface area contributed by atoms with E-state index in [4.69, 9.17) is 67.8 Å². The SMILES string of the molecule is Nc1cc(N)c(N)cc1N.[C-]#[N+]c1ccc(-c2nc3cc4nc(-c5ccc(C#N)cc5)c(-c5ccc(C#N)cc5)nc4cc3nc2-c2ccc([N+]#[C-])cc2)cc1.[C-]#[N+]c1ccc(C(=O)C(=O)c2ccc(C#N)cc2)cc1. The van der Waals surface area contributed by atoms with Crippen LogP contribution in [0.15, 0.2) is 170 Å². The van der Waals surface area contributed by atoms with E-state index in [0.717, 1.165) is 22.3 Å². The zero-order valence-corrected chi connectivity index (χ0v) is 39.8. The summed E-state index contributed by atoms with van der Waals surface area (Å²) in [5.41, 5.74) is 35.2. The van der Waals surface area contributed by atoms with Crippen LogP contribution in [0.5, 0.6) is 0 Å². The van der Waals surface area contributed by atoms with Crippen molar-refractivity contribution >= 4 is 73.4 Å². The van der Waals surface area contributed by atoms with Crippen molar-refractivity contribution in [1.82, 2.24) is 19.9 Å². The van der Waals surface area contributed by atoms with Crippen LogP contribution in [0.4, 0.5) is 39.8 Å². The molecule has 0 saturated carbocycles. The van der Waals surface area contributed by atoms with Crippen molar-refractivity contribution in [3.8, 4) is 63.2 Å². The molecule has 2 heterocycles. The van der Waals surface area contributed by atoms with Gasteiger partial charge in [0.05, 0.1) is 122 Å². The summed E-state index contributed by atoms with van der Waals surface area (Å²) in [6, 6.07) is 53.6. The maximum atomic E-state index is 12.0.